The number of hydrogen-bond acceptors (Lipinski definition) is 2. The second kappa shape index (κ2) is 4.77. The molecule has 82 valence electrons. The Bertz CT molecular complexity index is 320. The molecule has 0 bridgehead atoms. The van der Waals surface area contributed by atoms with Crippen molar-refractivity contribution in [3.63, 3.8) is 0 Å². The summed E-state index contributed by atoms with van der Waals surface area (Å²) in [5, 5.41) is 9.21. The van der Waals surface area contributed by atoms with Crippen LogP contribution in [0.1, 0.15) is 24.0 Å². The van der Waals surface area contributed by atoms with E-state index in [2.05, 4.69) is 18.0 Å². The Hall–Kier alpha value is -0.860. The summed E-state index contributed by atoms with van der Waals surface area (Å²) in [6, 6.07) is 8.13. The lowest BCUT2D eigenvalue weighted by Crippen LogP contribution is -2.21. The van der Waals surface area contributed by atoms with Crippen LogP contribution in [0.2, 0.25) is 0 Å². The van der Waals surface area contributed by atoms with Gasteiger partial charge in [0.15, 0.2) is 0 Å². The summed E-state index contributed by atoms with van der Waals surface area (Å²) in [7, 11) is 2.16. The molecule has 0 heterocycles. The van der Waals surface area contributed by atoms with Crippen LogP contribution in [0.4, 0.5) is 0 Å². The maximum Gasteiger partial charge on any atom is 0.0685 e. The Morgan fingerprint density at radius 1 is 1.27 bits per heavy atom. The van der Waals surface area contributed by atoms with Gasteiger partial charge in [0.2, 0.25) is 0 Å². The molecule has 15 heavy (non-hydrogen) atoms. The molecule has 0 aliphatic heterocycles. The van der Waals surface area contributed by atoms with Gasteiger partial charge in [0, 0.05) is 13.1 Å². The molecule has 1 aromatic carbocycles. The zero-order chi connectivity index (χ0) is 10.7. The highest BCUT2D eigenvalue weighted by Gasteiger charge is 2.22. The third-order valence-corrected chi connectivity index (χ3v) is 3.00. The van der Waals surface area contributed by atoms with Gasteiger partial charge in [-0.3, -0.25) is 0 Å². The number of benzene rings is 1. The molecule has 0 atom stereocenters. The van der Waals surface area contributed by atoms with E-state index in [1.165, 1.54) is 24.9 Å². The Balaban J connectivity index is 1.95. The fourth-order valence-electron chi connectivity index (χ4n) is 1.96. The number of hydrogen-bond donors (Lipinski definition) is 1. The molecule has 1 aliphatic rings. The van der Waals surface area contributed by atoms with Gasteiger partial charge < -0.3 is 10.0 Å². The first kappa shape index (κ1) is 10.7. The minimum absolute atomic E-state index is 0.146. The fourth-order valence-corrected chi connectivity index (χ4v) is 1.96. The van der Waals surface area contributed by atoms with Gasteiger partial charge in [-0.25, -0.2) is 0 Å². The van der Waals surface area contributed by atoms with Crippen molar-refractivity contribution < 1.29 is 5.11 Å². The maximum atomic E-state index is 9.21. The van der Waals surface area contributed by atoms with Gasteiger partial charge in [0.05, 0.1) is 6.61 Å². The van der Waals surface area contributed by atoms with Crippen LogP contribution in [0.25, 0.3) is 0 Å². The Kier molecular flexibility index (Phi) is 3.39. The lowest BCUT2D eigenvalue weighted by atomic mass is 10.1. The van der Waals surface area contributed by atoms with Crippen LogP contribution in [0.5, 0.6) is 0 Å². The molecule has 2 heteroatoms. The average Bonchev–Trinajstić information content (AvgIpc) is 3.02. The second-order valence-corrected chi connectivity index (χ2v) is 4.57. The topological polar surface area (TPSA) is 23.5 Å². The van der Waals surface area contributed by atoms with Gasteiger partial charge in [-0.15, -0.1) is 0 Å². The van der Waals surface area contributed by atoms with E-state index in [9.17, 15) is 5.11 Å². The van der Waals surface area contributed by atoms with Crippen molar-refractivity contribution in [2.75, 3.05) is 13.6 Å². The summed E-state index contributed by atoms with van der Waals surface area (Å²) in [4.78, 5) is 2.35. The molecule has 0 amide bonds. The number of aliphatic hydroxyl groups is 1. The molecule has 1 saturated carbocycles. The average molecular weight is 205 g/mol. The van der Waals surface area contributed by atoms with Crippen LogP contribution in [-0.4, -0.2) is 23.6 Å². The van der Waals surface area contributed by atoms with E-state index >= 15 is 0 Å². The zero-order valence-electron chi connectivity index (χ0n) is 9.32. The van der Waals surface area contributed by atoms with Gasteiger partial charge in [0.25, 0.3) is 0 Å². The minimum atomic E-state index is 0.146. The standard InChI is InChI=1S/C13H19NO/c1-14(8-11-6-7-11)9-12-4-2-3-5-13(12)10-15/h2-5,11,15H,6-10H2,1H3. The van der Waals surface area contributed by atoms with Gasteiger partial charge in [-0.05, 0) is 36.9 Å². The summed E-state index contributed by atoms with van der Waals surface area (Å²) in [5.41, 5.74) is 2.31. The molecular weight excluding hydrogens is 186 g/mol. The number of aliphatic hydroxyl groups excluding tert-OH is 1. The summed E-state index contributed by atoms with van der Waals surface area (Å²) in [6.45, 7) is 2.29. The molecule has 1 N–H and O–H groups in total. The monoisotopic (exact) mass is 205 g/mol. The molecular formula is C13H19NO. The lowest BCUT2D eigenvalue weighted by molar-refractivity contribution is 0.273. The number of nitrogens with zero attached hydrogens (tertiary/aromatic N) is 1. The smallest absolute Gasteiger partial charge is 0.0685 e. The Morgan fingerprint density at radius 3 is 2.53 bits per heavy atom. The van der Waals surface area contributed by atoms with Gasteiger partial charge in [-0.1, -0.05) is 24.3 Å². The van der Waals surface area contributed by atoms with Crippen LogP contribution >= 0.6 is 0 Å². The summed E-state index contributed by atoms with van der Waals surface area (Å²) in [5.74, 6) is 0.927. The lowest BCUT2D eigenvalue weighted by Gasteiger charge is -2.17. The Labute approximate surface area is 91.5 Å². The highest BCUT2D eigenvalue weighted by molar-refractivity contribution is 5.26. The number of rotatable bonds is 5. The molecule has 0 saturated heterocycles. The van der Waals surface area contributed by atoms with Crippen LogP contribution in [0, 0.1) is 5.92 Å². The fraction of sp³-hybridized carbons (Fsp3) is 0.538. The van der Waals surface area contributed by atoms with E-state index in [1.807, 2.05) is 18.2 Å². The highest BCUT2D eigenvalue weighted by Crippen LogP contribution is 2.29. The summed E-state index contributed by atoms with van der Waals surface area (Å²) < 4.78 is 0. The van der Waals surface area contributed by atoms with Gasteiger partial charge in [-0.2, -0.15) is 0 Å². The molecule has 2 rings (SSSR count). The van der Waals surface area contributed by atoms with E-state index in [4.69, 9.17) is 0 Å². The largest absolute Gasteiger partial charge is 0.392 e. The predicted octanol–water partition coefficient (Wildman–Crippen LogP) is 2.02. The maximum absolute atomic E-state index is 9.21. The summed E-state index contributed by atoms with van der Waals surface area (Å²) in [6.07, 6.45) is 2.79. The molecule has 0 radical (unpaired) electrons. The second-order valence-electron chi connectivity index (χ2n) is 4.57. The third-order valence-electron chi connectivity index (χ3n) is 3.00. The predicted molar refractivity (Wildman–Crippen MR) is 61.4 cm³/mol. The van der Waals surface area contributed by atoms with E-state index in [0.717, 1.165) is 18.0 Å². The van der Waals surface area contributed by atoms with E-state index in [0.29, 0.717) is 0 Å². The molecule has 0 aromatic heterocycles. The van der Waals surface area contributed by atoms with Crippen LogP contribution < -0.4 is 0 Å². The first-order valence-electron chi connectivity index (χ1n) is 5.66. The van der Waals surface area contributed by atoms with Crippen molar-refractivity contribution in [1.29, 1.82) is 0 Å². The van der Waals surface area contributed by atoms with Crippen molar-refractivity contribution in [3.05, 3.63) is 35.4 Å². The van der Waals surface area contributed by atoms with Crippen molar-refractivity contribution in [3.8, 4) is 0 Å². The molecule has 1 aliphatic carbocycles. The summed E-state index contributed by atoms with van der Waals surface area (Å²) >= 11 is 0. The normalized spacial score (nSPS) is 15.9. The third kappa shape index (κ3) is 3.05. The van der Waals surface area contributed by atoms with E-state index in [-0.39, 0.29) is 6.61 Å². The molecule has 0 spiro atoms. The van der Waals surface area contributed by atoms with Crippen molar-refractivity contribution in [2.45, 2.75) is 26.0 Å². The van der Waals surface area contributed by atoms with Crippen molar-refractivity contribution in [2.24, 2.45) is 5.92 Å². The van der Waals surface area contributed by atoms with E-state index < -0.39 is 0 Å². The van der Waals surface area contributed by atoms with Crippen LogP contribution in [-0.2, 0) is 13.2 Å². The van der Waals surface area contributed by atoms with Crippen LogP contribution in [0.3, 0.4) is 0 Å². The minimum Gasteiger partial charge on any atom is -0.392 e. The van der Waals surface area contributed by atoms with Gasteiger partial charge >= 0.3 is 0 Å². The van der Waals surface area contributed by atoms with E-state index in [1.54, 1.807) is 0 Å². The molecule has 1 fully saturated rings. The SMILES string of the molecule is CN(Cc1ccccc1CO)CC1CC1. The highest BCUT2D eigenvalue weighted by atomic mass is 16.3. The van der Waals surface area contributed by atoms with Crippen molar-refractivity contribution >= 4 is 0 Å². The quantitative estimate of drug-likeness (QED) is 0.795. The first-order valence-corrected chi connectivity index (χ1v) is 5.66. The zero-order valence-corrected chi connectivity index (χ0v) is 9.32. The first-order chi connectivity index (χ1) is 7.29. The van der Waals surface area contributed by atoms with Gasteiger partial charge in [0.1, 0.15) is 0 Å². The molecule has 0 unspecified atom stereocenters. The van der Waals surface area contributed by atoms with Crippen LogP contribution in [0.15, 0.2) is 24.3 Å². The molecule has 1 aromatic rings. The van der Waals surface area contributed by atoms with Crippen molar-refractivity contribution in [1.82, 2.24) is 4.90 Å². The molecule has 2 nitrogen and oxygen atoms in total. The Morgan fingerprint density at radius 2 is 1.93 bits per heavy atom.